The van der Waals surface area contributed by atoms with Crippen molar-refractivity contribution in [3.8, 4) is 5.75 Å². The fourth-order valence-corrected chi connectivity index (χ4v) is 3.01. The number of rotatable bonds is 6. The van der Waals surface area contributed by atoms with Crippen molar-refractivity contribution in [3.63, 3.8) is 0 Å². The Balaban J connectivity index is 1.81. The van der Waals surface area contributed by atoms with Crippen molar-refractivity contribution < 1.29 is 23.9 Å². The number of methoxy groups -OCH3 is 1. The molecule has 0 radical (unpaired) electrons. The number of amides is 4. The van der Waals surface area contributed by atoms with Gasteiger partial charge in [-0.1, -0.05) is 18.2 Å². The molecule has 0 bridgehead atoms. The minimum Gasteiger partial charge on any atom is -0.496 e. The van der Waals surface area contributed by atoms with Crippen molar-refractivity contribution in [1.82, 2.24) is 15.1 Å². The number of likely N-dealkylation sites (N-methyl/N-ethyl adjacent to an activating group) is 1. The highest BCUT2D eigenvalue weighted by atomic mass is 16.5. The van der Waals surface area contributed by atoms with Crippen LogP contribution in [0.3, 0.4) is 0 Å². The van der Waals surface area contributed by atoms with E-state index < -0.39 is 5.91 Å². The molecule has 4 amide bonds. The van der Waals surface area contributed by atoms with Gasteiger partial charge in [0, 0.05) is 14.1 Å². The van der Waals surface area contributed by atoms with E-state index in [1.165, 1.54) is 12.0 Å². The third kappa shape index (κ3) is 3.96. The zero-order chi connectivity index (χ0) is 21.1. The predicted molar refractivity (Wildman–Crippen MR) is 105 cm³/mol. The Morgan fingerprint density at radius 1 is 1.03 bits per heavy atom. The molecule has 0 aliphatic carbocycles. The average molecular weight is 395 g/mol. The molecule has 0 spiro atoms. The van der Waals surface area contributed by atoms with Crippen LogP contribution in [-0.2, 0) is 11.3 Å². The van der Waals surface area contributed by atoms with E-state index in [2.05, 4.69) is 5.32 Å². The van der Waals surface area contributed by atoms with Gasteiger partial charge in [0.2, 0.25) is 5.91 Å². The average Bonchev–Trinajstić information content (AvgIpc) is 2.96. The lowest BCUT2D eigenvalue weighted by Crippen LogP contribution is -2.36. The van der Waals surface area contributed by atoms with Gasteiger partial charge in [0.1, 0.15) is 5.75 Å². The summed E-state index contributed by atoms with van der Waals surface area (Å²) >= 11 is 0. The van der Waals surface area contributed by atoms with Crippen LogP contribution in [0.4, 0.5) is 0 Å². The molecule has 0 fully saturated rings. The lowest BCUT2D eigenvalue weighted by molar-refractivity contribution is -0.127. The van der Waals surface area contributed by atoms with E-state index in [1.54, 1.807) is 56.6 Å². The Kier molecular flexibility index (Phi) is 5.63. The van der Waals surface area contributed by atoms with Crippen LogP contribution < -0.4 is 10.1 Å². The topological polar surface area (TPSA) is 96.0 Å². The Labute approximate surface area is 168 Å². The summed E-state index contributed by atoms with van der Waals surface area (Å²) in [5.41, 5.74) is 1.54. The highest BCUT2D eigenvalue weighted by Gasteiger charge is 2.35. The second-order valence-corrected chi connectivity index (χ2v) is 6.75. The number of nitrogens with one attached hydrogen (secondary N) is 1. The highest BCUT2D eigenvalue weighted by Crippen LogP contribution is 2.26. The zero-order valence-corrected chi connectivity index (χ0v) is 16.4. The first kappa shape index (κ1) is 20.1. The van der Waals surface area contributed by atoms with Crippen molar-refractivity contribution in [2.24, 2.45) is 0 Å². The summed E-state index contributed by atoms with van der Waals surface area (Å²) in [5, 5.41) is 2.55. The summed E-state index contributed by atoms with van der Waals surface area (Å²) in [5.74, 6) is -1.15. The summed E-state index contributed by atoms with van der Waals surface area (Å²) in [7, 11) is 4.62. The standard InChI is InChI=1S/C21H21N3O5/c1-23(2)18(25)11-22-19(26)16-10-13(8-9-17(16)29-3)12-24-20(27)14-6-4-5-7-15(14)21(24)28/h4-10H,11-12H2,1-3H3,(H,22,26). The Morgan fingerprint density at radius 3 is 2.21 bits per heavy atom. The molecule has 1 aliphatic rings. The predicted octanol–water partition coefficient (Wildman–Crippen LogP) is 1.31. The third-order valence-electron chi connectivity index (χ3n) is 4.63. The largest absolute Gasteiger partial charge is 0.496 e. The van der Waals surface area contributed by atoms with Gasteiger partial charge in [0.15, 0.2) is 0 Å². The van der Waals surface area contributed by atoms with Crippen molar-refractivity contribution in [1.29, 1.82) is 0 Å². The number of hydrogen-bond donors (Lipinski definition) is 1. The number of imide groups is 1. The number of fused-ring (bicyclic) bond motifs is 1. The number of carbonyl (C=O) groups excluding carboxylic acids is 4. The molecule has 2 aromatic carbocycles. The van der Waals surface area contributed by atoms with E-state index >= 15 is 0 Å². The van der Waals surface area contributed by atoms with E-state index in [1.807, 2.05) is 0 Å². The molecule has 0 unspecified atom stereocenters. The van der Waals surface area contributed by atoms with E-state index in [-0.39, 0.29) is 36.4 Å². The highest BCUT2D eigenvalue weighted by molar-refractivity contribution is 6.21. The van der Waals surface area contributed by atoms with Crippen LogP contribution in [-0.4, -0.2) is 61.2 Å². The third-order valence-corrected chi connectivity index (χ3v) is 4.63. The number of benzene rings is 2. The monoisotopic (exact) mass is 395 g/mol. The summed E-state index contributed by atoms with van der Waals surface area (Å²) in [6, 6.07) is 11.5. The van der Waals surface area contributed by atoms with Gasteiger partial charge in [0.05, 0.1) is 36.9 Å². The second kappa shape index (κ2) is 8.14. The molecule has 8 nitrogen and oxygen atoms in total. The summed E-state index contributed by atoms with van der Waals surface area (Å²) in [6.45, 7) is -0.134. The van der Waals surface area contributed by atoms with Gasteiger partial charge < -0.3 is 15.0 Å². The number of ether oxygens (including phenoxy) is 1. The van der Waals surface area contributed by atoms with Crippen LogP contribution in [0.15, 0.2) is 42.5 Å². The molecular weight excluding hydrogens is 374 g/mol. The molecule has 2 aromatic rings. The van der Waals surface area contributed by atoms with Gasteiger partial charge in [-0.05, 0) is 29.8 Å². The molecule has 0 aromatic heterocycles. The normalized spacial score (nSPS) is 12.6. The zero-order valence-electron chi connectivity index (χ0n) is 16.4. The van der Waals surface area contributed by atoms with Gasteiger partial charge in [-0.3, -0.25) is 24.1 Å². The van der Waals surface area contributed by atoms with Crippen molar-refractivity contribution in [2.75, 3.05) is 27.7 Å². The molecule has 1 heterocycles. The SMILES string of the molecule is COc1ccc(CN2C(=O)c3ccccc3C2=O)cc1C(=O)NCC(=O)N(C)C. The number of carbonyl (C=O) groups is 4. The van der Waals surface area contributed by atoms with E-state index in [9.17, 15) is 19.2 Å². The first-order valence-corrected chi connectivity index (χ1v) is 8.94. The fraction of sp³-hybridized carbons (Fsp3) is 0.238. The van der Waals surface area contributed by atoms with Gasteiger partial charge in [-0.15, -0.1) is 0 Å². The van der Waals surface area contributed by atoms with Crippen molar-refractivity contribution in [3.05, 3.63) is 64.7 Å². The van der Waals surface area contributed by atoms with E-state index in [0.717, 1.165) is 4.90 Å². The van der Waals surface area contributed by atoms with Crippen LogP contribution in [0.25, 0.3) is 0 Å². The van der Waals surface area contributed by atoms with Gasteiger partial charge in [0.25, 0.3) is 17.7 Å². The molecule has 0 saturated heterocycles. The van der Waals surface area contributed by atoms with Gasteiger partial charge in [-0.25, -0.2) is 0 Å². The lowest BCUT2D eigenvalue weighted by Gasteiger charge is -2.16. The maximum Gasteiger partial charge on any atom is 0.261 e. The van der Waals surface area contributed by atoms with Gasteiger partial charge >= 0.3 is 0 Å². The molecule has 0 saturated carbocycles. The summed E-state index contributed by atoms with van der Waals surface area (Å²) in [6.07, 6.45) is 0. The first-order valence-electron chi connectivity index (χ1n) is 8.94. The molecule has 29 heavy (non-hydrogen) atoms. The number of nitrogens with zero attached hydrogens (tertiary/aromatic N) is 2. The molecule has 8 heteroatoms. The lowest BCUT2D eigenvalue weighted by atomic mass is 10.1. The smallest absolute Gasteiger partial charge is 0.261 e. The minimum atomic E-state index is -0.485. The molecular formula is C21H21N3O5. The minimum absolute atomic E-state index is 0.0211. The maximum atomic E-state index is 12.6. The van der Waals surface area contributed by atoms with Crippen LogP contribution >= 0.6 is 0 Å². The Hall–Kier alpha value is -3.68. The summed E-state index contributed by atoms with van der Waals surface area (Å²) < 4.78 is 5.23. The quantitative estimate of drug-likeness (QED) is 0.744. The van der Waals surface area contributed by atoms with Crippen LogP contribution in [0, 0.1) is 0 Å². The molecule has 150 valence electrons. The number of hydrogen-bond acceptors (Lipinski definition) is 5. The Bertz CT molecular complexity index is 965. The fourth-order valence-electron chi connectivity index (χ4n) is 3.01. The maximum absolute atomic E-state index is 12.6. The second-order valence-electron chi connectivity index (χ2n) is 6.75. The van der Waals surface area contributed by atoms with Crippen LogP contribution in [0.5, 0.6) is 5.75 Å². The van der Waals surface area contributed by atoms with Crippen LogP contribution in [0.2, 0.25) is 0 Å². The molecule has 1 N–H and O–H groups in total. The van der Waals surface area contributed by atoms with Crippen molar-refractivity contribution >= 4 is 23.6 Å². The molecule has 0 atom stereocenters. The van der Waals surface area contributed by atoms with E-state index in [0.29, 0.717) is 22.4 Å². The first-order chi connectivity index (χ1) is 13.8. The van der Waals surface area contributed by atoms with E-state index in [4.69, 9.17) is 4.74 Å². The van der Waals surface area contributed by atoms with Gasteiger partial charge in [-0.2, -0.15) is 0 Å². The van der Waals surface area contributed by atoms with Crippen LogP contribution in [0.1, 0.15) is 36.6 Å². The van der Waals surface area contributed by atoms with Crippen molar-refractivity contribution in [2.45, 2.75) is 6.54 Å². The molecule has 3 rings (SSSR count). The molecule has 1 aliphatic heterocycles. The summed E-state index contributed by atoms with van der Waals surface area (Å²) in [4.78, 5) is 51.9. The Morgan fingerprint density at radius 2 is 1.66 bits per heavy atom.